The molecule has 0 aliphatic heterocycles. The lowest BCUT2D eigenvalue weighted by Crippen LogP contribution is -2.27. The van der Waals surface area contributed by atoms with Crippen LogP contribution in [0.4, 0.5) is 0 Å². The molecule has 0 aliphatic carbocycles. The number of hydrogen-bond donors (Lipinski definition) is 0. The van der Waals surface area contributed by atoms with Gasteiger partial charge < -0.3 is 4.90 Å². The monoisotopic (exact) mass is 339 g/mol. The number of carbonyl (C=O) groups is 1. The molecule has 0 unspecified atom stereocenters. The van der Waals surface area contributed by atoms with E-state index in [4.69, 9.17) is 0 Å². The summed E-state index contributed by atoms with van der Waals surface area (Å²) in [6.45, 7) is 6.40. The third kappa shape index (κ3) is 4.59. The van der Waals surface area contributed by atoms with Gasteiger partial charge in [-0.3, -0.25) is 4.79 Å². The van der Waals surface area contributed by atoms with Crippen LogP contribution in [0.15, 0.2) is 35.4 Å². The number of pyridine rings is 1. The summed E-state index contributed by atoms with van der Waals surface area (Å²) < 4.78 is 0. The molecule has 0 atom stereocenters. The number of carbonyl (C=O) groups excluding carboxylic acids is 1. The third-order valence-electron chi connectivity index (χ3n) is 3.72. The molecule has 0 N–H and O–H groups in total. The molecule has 124 valence electrons. The van der Waals surface area contributed by atoms with Gasteiger partial charge in [0.2, 0.25) is 5.91 Å². The SMILES string of the molecule is Cc1ccc(CN(C)C(=O)CSc2nc(C)cc(C)c2C#N)cc1. The van der Waals surface area contributed by atoms with Gasteiger partial charge in [-0.15, -0.1) is 0 Å². The van der Waals surface area contributed by atoms with Crippen molar-refractivity contribution in [1.29, 1.82) is 5.26 Å². The van der Waals surface area contributed by atoms with Crippen molar-refractivity contribution in [1.82, 2.24) is 9.88 Å². The Kier molecular flexibility index (Phi) is 5.99. The predicted octanol–water partition coefficient (Wildman–Crippen LogP) is 3.63. The lowest BCUT2D eigenvalue weighted by Gasteiger charge is -2.17. The number of benzene rings is 1. The summed E-state index contributed by atoms with van der Waals surface area (Å²) in [5.41, 5.74) is 4.61. The van der Waals surface area contributed by atoms with Crippen LogP contribution in [0.5, 0.6) is 0 Å². The van der Waals surface area contributed by atoms with Crippen LogP contribution >= 0.6 is 11.8 Å². The van der Waals surface area contributed by atoms with Crippen LogP contribution in [0.2, 0.25) is 0 Å². The molecule has 0 spiro atoms. The molecule has 1 aromatic heterocycles. The highest BCUT2D eigenvalue weighted by Crippen LogP contribution is 2.24. The summed E-state index contributed by atoms with van der Waals surface area (Å²) in [6, 6.07) is 12.2. The average Bonchev–Trinajstić information content (AvgIpc) is 2.54. The highest BCUT2D eigenvalue weighted by molar-refractivity contribution is 8.00. The van der Waals surface area contributed by atoms with E-state index in [0.29, 0.717) is 17.1 Å². The minimum Gasteiger partial charge on any atom is -0.341 e. The molecule has 1 amide bonds. The summed E-state index contributed by atoms with van der Waals surface area (Å²) in [5.74, 6) is 0.290. The van der Waals surface area contributed by atoms with Gasteiger partial charge in [0, 0.05) is 19.3 Å². The van der Waals surface area contributed by atoms with Crippen LogP contribution < -0.4 is 0 Å². The third-order valence-corrected chi connectivity index (χ3v) is 4.68. The van der Waals surface area contributed by atoms with Crippen molar-refractivity contribution in [3.05, 3.63) is 58.3 Å². The summed E-state index contributed by atoms with van der Waals surface area (Å²) in [4.78, 5) is 18.5. The van der Waals surface area contributed by atoms with Crippen LogP contribution in [0, 0.1) is 32.1 Å². The summed E-state index contributed by atoms with van der Waals surface area (Å²) in [7, 11) is 1.79. The first-order valence-corrected chi connectivity index (χ1v) is 8.70. The molecule has 0 radical (unpaired) electrons. The normalized spacial score (nSPS) is 10.3. The molecular weight excluding hydrogens is 318 g/mol. The van der Waals surface area contributed by atoms with Crippen molar-refractivity contribution in [3.63, 3.8) is 0 Å². The maximum absolute atomic E-state index is 12.4. The Morgan fingerprint density at radius 2 is 1.92 bits per heavy atom. The minimum absolute atomic E-state index is 0.0189. The van der Waals surface area contributed by atoms with Crippen LogP contribution in [0.3, 0.4) is 0 Å². The van der Waals surface area contributed by atoms with Gasteiger partial charge >= 0.3 is 0 Å². The van der Waals surface area contributed by atoms with Gasteiger partial charge in [0.25, 0.3) is 0 Å². The lowest BCUT2D eigenvalue weighted by molar-refractivity contribution is -0.127. The van der Waals surface area contributed by atoms with Crippen molar-refractivity contribution in [3.8, 4) is 6.07 Å². The van der Waals surface area contributed by atoms with Crippen LogP contribution in [0.25, 0.3) is 0 Å². The number of thioether (sulfide) groups is 1. The van der Waals surface area contributed by atoms with E-state index in [-0.39, 0.29) is 11.7 Å². The Bertz CT molecular complexity index is 778. The van der Waals surface area contributed by atoms with Gasteiger partial charge in [-0.1, -0.05) is 41.6 Å². The van der Waals surface area contributed by atoms with Crippen molar-refractivity contribution < 1.29 is 4.79 Å². The van der Waals surface area contributed by atoms with Crippen LogP contribution in [-0.2, 0) is 11.3 Å². The topological polar surface area (TPSA) is 57.0 Å². The smallest absolute Gasteiger partial charge is 0.233 e. The standard InChI is InChI=1S/C19H21N3OS/c1-13-5-7-16(8-6-13)11-22(4)18(23)12-24-19-17(10-20)14(2)9-15(3)21-19/h5-9H,11-12H2,1-4H3. The maximum Gasteiger partial charge on any atom is 0.233 e. The number of aryl methyl sites for hydroxylation is 3. The molecule has 0 aliphatic rings. The maximum atomic E-state index is 12.4. The molecule has 2 rings (SSSR count). The second-order valence-corrected chi connectivity index (χ2v) is 6.86. The Labute approximate surface area is 147 Å². The Morgan fingerprint density at radius 3 is 2.54 bits per heavy atom. The molecule has 1 aromatic carbocycles. The summed E-state index contributed by atoms with van der Waals surface area (Å²) >= 11 is 1.32. The average molecular weight is 339 g/mol. The molecule has 4 nitrogen and oxygen atoms in total. The summed E-state index contributed by atoms with van der Waals surface area (Å²) in [6.07, 6.45) is 0. The first-order chi connectivity index (χ1) is 11.4. The quantitative estimate of drug-likeness (QED) is 0.781. The van der Waals surface area contributed by atoms with Gasteiger partial charge in [0.1, 0.15) is 11.1 Å². The van der Waals surface area contributed by atoms with Crippen molar-refractivity contribution in [2.75, 3.05) is 12.8 Å². The molecule has 0 bridgehead atoms. The van der Waals surface area contributed by atoms with E-state index in [9.17, 15) is 10.1 Å². The van der Waals surface area contributed by atoms with Crippen molar-refractivity contribution in [2.24, 2.45) is 0 Å². The van der Waals surface area contributed by atoms with Crippen LogP contribution in [0.1, 0.15) is 27.9 Å². The first-order valence-electron chi connectivity index (χ1n) is 7.71. The minimum atomic E-state index is 0.0189. The van der Waals surface area contributed by atoms with E-state index in [0.717, 1.165) is 16.8 Å². The number of nitriles is 1. The largest absolute Gasteiger partial charge is 0.341 e. The molecule has 0 saturated carbocycles. The van der Waals surface area contributed by atoms with Gasteiger partial charge in [-0.25, -0.2) is 4.98 Å². The fraction of sp³-hybridized carbons (Fsp3) is 0.316. The number of rotatable bonds is 5. The van der Waals surface area contributed by atoms with Gasteiger partial charge in [0.05, 0.1) is 11.3 Å². The molecule has 0 fully saturated rings. The molecular formula is C19H21N3OS. The highest BCUT2D eigenvalue weighted by atomic mass is 32.2. The van der Waals surface area contributed by atoms with Gasteiger partial charge in [-0.05, 0) is 38.0 Å². The van der Waals surface area contributed by atoms with Crippen LogP contribution in [-0.4, -0.2) is 28.6 Å². The second-order valence-electron chi connectivity index (χ2n) is 5.90. The number of nitrogens with zero attached hydrogens (tertiary/aromatic N) is 3. The number of aromatic nitrogens is 1. The zero-order chi connectivity index (χ0) is 17.7. The predicted molar refractivity (Wildman–Crippen MR) is 96.8 cm³/mol. The van der Waals surface area contributed by atoms with E-state index in [1.807, 2.05) is 51.1 Å². The molecule has 5 heteroatoms. The molecule has 24 heavy (non-hydrogen) atoms. The number of amides is 1. The Hall–Kier alpha value is -2.32. The van der Waals surface area contributed by atoms with E-state index in [1.54, 1.807) is 11.9 Å². The van der Waals surface area contributed by atoms with E-state index >= 15 is 0 Å². The molecule has 1 heterocycles. The molecule has 0 saturated heterocycles. The fourth-order valence-corrected chi connectivity index (χ4v) is 3.38. The van der Waals surface area contributed by atoms with Crippen molar-refractivity contribution >= 4 is 17.7 Å². The Balaban J connectivity index is 2.00. The zero-order valence-corrected chi connectivity index (χ0v) is 15.3. The summed E-state index contributed by atoms with van der Waals surface area (Å²) in [5, 5.41) is 9.91. The number of hydrogen-bond acceptors (Lipinski definition) is 4. The first kappa shape index (κ1) is 18.0. The molecule has 2 aromatic rings. The van der Waals surface area contributed by atoms with Gasteiger partial charge in [-0.2, -0.15) is 5.26 Å². The van der Waals surface area contributed by atoms with E-state index in [2.05, 4.69) is 11.1 Å². The highest BCUT2D eigenvalue weighted by Gasteiger charge is 2.14. The van der Waals surface area contributed by atoms with E-state index in [1.165, 1.54) is 17.3 Å². The van der Waals surface area contributed by atoms with Crippen molar-refractivity contribution in [2.45, 2.75) is 32.3 Å². The lowest BCUT2D eigenvalue weighted by atomic mass is 10.1. The fourth-order valence-electron chi connectivity index (χ4n) is 2.34. The zero-order valence-electron chi connectivity index (χ0n) is 14.5. The van der Waals surface area contributed by atoms with Gasteiger partial charge in [0.15, 0.2) is 0 Å². The van der Waals surface area contributed by atoms with E-state index < -0.39 is 0 Å². The second kappa shape index (κ2) is 7.98. The Morgan fingerprint density at radius 1 is 1.25 bits per heavy atom.